The monoisotopic (exact) mass is 284 g/mol. The van der Waals surface area contributed by atoms with Crippen molar-refractivity contribution in [3.8, 4) is 0 Å². The van der Waals surface area contributed by atoms with Crippen LogP contribution in [0, 0.1) is 0 Å². The second kappa shape index (κ2) is 7.08. The molecule has 1 rings (SSSR count). The third kappa shape index (κ3) is 6.34. The fourth-order valence-corrected chi connectivity index (χ4v) is 2.52. The molecule has 1 aliphatic rings. The van der Waals surface area contributed by atoms with Gasteiger partial charge in [0, 0.05) is 31.1 Å². The van der Waals surface area contributed by atoms with Crippen LogP contribution in [0.1, 0.15) is 0 Å². The maximum Gasteiger partial charge on any atom is 0.401 e. The van der Waals surface area contributed by atoms with Crippen molar-refractivity contribution < 1.29 is 13.2 Å². The van der Waals surface area contributed by atoms with Crippen LogP contribution in [0.3, 0.4) is 0 Å². The van der Waals surface area contributed by atoms with Gasteiger partial charge < -0.3 is 10.6 Å². The van der Waals surface area contributed by atoms with Gasteiger partial charge in [0.15, 0.2) is 5.96 Å². The van der Waals surface area contributed by atoms with E-state index in [1.54, 1.807) is 0 Å². The summed E-state index contributed by atoms with van der Waals surface area (Å²) in [5.41, 5.74) is 5.79. The first-order chi connectivity index (χ1) is 8.38. The van der Waals surface area contributed by atoms with Crippen LogP contribution in [0.2, 0.25) is 0 Å². The average Bonchev–Trinajstić information content (AvgIpc) is 2.27. The molecule has 2 N–H and O–H groups in total. The highest BCUT2D eigenvalue weighted by Crippen LogP contribution is 2.15. The largest absolute Gasteiger partial charge is 0.401 e. The van der Waals surface area contributed by atoms with Crippen molar-refractivity contribution in [2.45, 2.75) is 6.18 Å². The van der Waals surface area contributed by atoms with Gasteiger partial charge in [-0.05, 0) is 7.05 Å². The smallest absolute Gasteiger partial charge is 0.370 e. The van der Waals surface area contributed by atoms with Gasteiger partial charge in [0.2, 0.25) is 0 Å². The summed E-state index contributed by atoms with van der Waals surface area (Å²) < 4.78 is 36.2. The van der Waals surface area contributed by atoms with Gasteiger partial charge in [-0.25, -0.2) is 0 Å². The van der Waals surface area contributed by atoms with Crippen LogP contribution in [-0.2, 0) is 0 Å². The summed E-state index contributed by atoms with van der Waals surface area (Å²) in [5.74, 6) is 2.48. The van der Waals surface area contributed by atoms with Crippen LogP contribution in [-0.4, -0.2) is 73.2 Å². The number of halogens is 3. The van der Waals surface area contributed by atoms with Crippen LogP contribution in [0.4, 0.5) is 13.2 Å². The van der Waals surface area contributed by atoms with E-state index in [0.29, 0.717) is 12.5 Å². The number of hydrogen-bond acceptors (Lipinski definition) is 3. The Hall–Kier alpha value is -0.630. The minimum absolute atomic E-state index is 0.253. The summed E-state index contributed by atoms with van der Waals surface area (Å²) in [5, 5.41) is 0. The predicted octanol–water partition coefficient (Wildman–Crippen LogP) is 0.844. The zero-order valence-corrected chi connectivity index (χ0v) is 11.2. The molecule has 0 unspecified atom stereocenters. The van der Waals surface area contributed by atoms with Crippen molar-refractivity contribution in [1.82, 2.24) is 9.80 Å². The summed E-state index contributed by atoms with van der Waals surface area (Å²) >= 11 is 1.87. The van der Waals surface area contributed by atoms with E-state index >= 15 is 0 Å². The molecule has 0 radical (unpaired) electrons. The average molecular weight is 284 g/mol. The summed E-state index contributed by atoms with van der Waals surface area (Å²) in [6.45, 7) is 1.35. The molecule has 0 bridgehead atoms. The Kier molecular flexibility index (Phi) is 6.07. The van der Waals surface area contributed by atoms with Crippen LogP contribution >= 0.6 is 11.8 Å². The predicted molar refractivity (Wildman–Crippen MR) is 68.9 cm³/mol. The Morgan fingerprint density at radius 2 is 2.00 bits per heavy atom. The third-order valence-corrected chi connectivity index (χ3v) is 3.48. The number of likely N-dealkylation sites (N-methyl/N-ethyl adjacent to an activating group) is 1. The first-order valence-corrected chi connectivity index (χ1v) is 6.92. The van der Waals surface area contributed by atoms with Gasteiger partial charge in [0.25, 0.3) is 0 Å². The van der Waals surface area contributed by atoms with E-state index in [2.05, 4.69) is 4.99 Å². The van der Waals surface area contributed by atoms with Crippen molar-refractivity contribution >= 4 is 17.7 Å². The van der Waals surface area contributed by atoms with Crippen LogP contribution < -0.4 is 5.73 Å². The van der Waals surface area contributed by atoms with E-state index in [1.807, 2.05) is 16.7 Å². The quantitative estimate of drug-likeness (QED) is 0.614. The minimum Gasteiger partial charge on any atom is -0.370 e. The highest BCUT2D eigenvalue weighted by atomic mass is 32.2. The Bertz CT molecular complexity index is 277. The zero-order chi connectivity index (χ0) is 13.6. The van der Waals surface area contributed by atoms with Gasteiger partial charge in [-0.2, -0.15) is 24.9 Å². The molecule has 0 amide bonds. The maximum absolute atomic E-state index is 12.1. The molecular formula is C10H19F3N4S. The molecule has 0 aromatic heterocycles. The molecule has 0 atom stereocenters. The number of alkyl halides is 3. The minimum atomic E-state index is -4.16. The van der Waals surface area contributed by atoms with Gasteiger partial charge in [-0.3, -0.25) is 9.89 Å². The van der Waals surface area contributed by atoms with Crippen molar-refractivity contribution in [2.75, 3.05) is 51.3 Å². The Morgan fingerprint density at radius 3 is 2.56 bits per heavy atom. The first-order valence-electron chi connectivity index (χ1n) is 5.76. The van der Waals surface area contributed by atoms with Gasteiger partial charge >= 0.3 is 6.18 Å². The first kappa shape index (κ1) is 15.4. The SMILES string of the molecule is CN(CCN=C(N)N1CCSCC1)CC(F)(F)F. The van der Waals surface area contributed by atoms with E-state index < -0.39 is 12.7 Å². The molecule has 0 spiro atoms. The van der Waals surface area contributed by atoms with E-state index in [4.69, 9.17) is 5.73 Å². The summed E-state index contributed by atoms with van der Waals surface area (Å²) in [6.07, 6.45) is -4.16. The lowest BCUT2D eigenvalue weighted by Gasteiger charge is -2.27. The van der Waals surface area contributed by atoms with Crippen molar-refractivity contribution in [3.63, 3.8) is 0 Å². The second-order valence-electron chi connectivity index (χ2n) is 4.19. The molecule has 4 nitrogen and oxygen atoms in total. The molecule has 0 saturated carbocycles. The molecule has 0 aromatic rings. The lowest BCUT2D eigenvalue weighted by molar-refractivity contribution is -0.142. The molecule has 1 heterocycles. The van der Waals surface area contributed by atoms with Crippen molar-refractivity contribution in [3.05, 3.63) is 0 Å². The van der Waals surface area contributed by atoms with Gasteiger partial charge in [-0.15, -0.1) is 0 Å². The number of thioether (sulfide) groups is 1. The molecule has 1 aliphatic heterocycles. The van der Waals surface area contributed by atoms with Crippen molar-refractivity contribution in [2.24, 2.45) is 10.7 Å². The van der Waals surface area contributed by atoms with Crippen LogP contribution in [0.5, 0.6) is 0 Å². The molecule has 106 valence electrons. The molecule has 1 fully saturated rings. The van der Waals surface area contributed by atoms with Gasteiger partial charge in [-0.1, -0.05) is 0 Å². The topological polar surface area (TPSA) is 44.9 Å². The zero-order valence-electron chi connectivity index (χ0n) is 10.4. The van der Waals surface area contributed by atoms with Crippen LogP contribution in [0.25, 0.3) is 0 Å². The molecule has 0 aliphatic carbocycles. The van der Waals surface area contributed by atoms with E-state index in [0.717, 1.165) is 24.6 Å². The molecule has 1 saturated heterocycles. The lowest BCUT2D eigenvalue weighted by atomic mass is 10.5. The number of aliphatic imine (C=N–C) groups is 1. The fourth-order valence-electron chi connectivity index (χ4n) is 1.61. The van der Waals surface area contributed by atoms with E-state index in [-0.39, 0.29) is 6.54 Å². The highest BCUT2D eigenvalue weighted by molar-refractivity contribution is 7.99. The number of hydrogen-bond donors (Lipinski definition) is 1. The molecule has 0 aromatic carbocycles. The lowest BCUT2D eigenvalue weighted by Crippen LogP contribution is -2.43. The normalized spacial score (nSPS) is 18.5. The molecule has 18 heavy (non-hydrogen) atoms. The Balaban J connectivity index is 2.26. The standard InChI is InChI=1S/C10H19F3N4S/c1-16(8-10(11,12)13)3-2-15-9(14)17-4-6-18-7-5-17/h2-8H2,1H3,(H2,14,15). The van der Waals surface area contributed by atoms with Gasteiger partial charge in [0.05, 0.1) is 13.1 Å². The Morgan fingerprint density at radius 1 is 1.39 bits per heavy atom. The summed E-state index contributed by atoms with van der Waals surface area (Å²) in [7, 11) is 1.43. The van der Waals surface area contributed by atoms with Crippen LogP contribution in [0.15, 0.2) is 4.99 Å². The van der Waals surface area contributed by atoms with Gasteiger partial charge in [0.1, 0.15) is 0 Å². The van der Waals surface area contributed by atoms with Crippen molar-refractivity contribution in [1.29, 1.82) is 0 Å². The summed E-state index contributed by atoms with van der Waals surface area (Å²) in [6, 6.07) is 0. The summed E-state index contributed by atoms with van der Waals surface area (Å²) in [4.78, 5) is 7.29. The number of guanidine groups is 1. The van der Waals surface area contributed by atoms with E-state index in [9.17, 15) is 13.2 Å². The Labute approximate surface area is 109 Å². The second-order valence-corrected chi connectivity index (χ2v) is 5.42. The molecular weight excluding hydrogens is 265 g/mol. The molecule has 8 heteroatoms. The number of nitrogens with two attached hydrogens (primary N) is 1. The number of rotatable bonds is 4. The van der Waals surface area contributed by atoms with E-state index in [1.165, 1.54) is 11.9 Å². The third-order valence-electron chi connectivity index (χ3n) is 2.54. The fraction of sp³-hybridized carbons (Fsp3) is 0.900. The maximum atomic E-state index is 12.1. The highest BCUT2D eigenvalue weighted by Gasteiger charge is 2.28. The number of nitrogens with zero attached hydrogens (tertiary/aromatic N) is 3.